The highest BCUT2D eigenvalue weighted by atomic mass is 16.5. The highest BCUT2D eigenvalue weighted by Gasteiger charge is 2.26. The molecule has 0 saturated heterocycles. The zero-order chi connectivity index (χ0) is 14.9. The molecule has 4 heteroatoms. The number of H-pyrrole nitrogens is 1. The quantitative estimate of drug-likeness (QED) is 0.887. The highest BCUT2D eigenvalue weighted by Crippen LogP contribution is 2.31. The Labute approximate surface area is 131 Å². The molecule has 0 radical (unpaired) electrons. The number of benzene rings is 1. The minimum Gasteiger partial charge on any atom is -0.490 e. The molecule has 2 aliphatic rings. The van der Waals surface area contributed by atoms with E-state index in [1.807, 2.05) is 6.20 Å². The van der Waals surface area contributed by atoms with Gasteiger partial charge in [0.2, 0.25) is 0 Å². The van der Waals surface area contributed by atoms with Gasteiger partial charge in [0.1, 0.15) is 11.9 Å². The van der Waals surface area contributed by atoms with Crippen LogP contribution >= 0.6 is 0 Å². The number of rotatable bonds is 5. The number of fused-ring (bicyclic) bond motifs is 1. The first-order valence-electron chi connectivity index (χ1n) is 8.62. The van der Waals surface area contributed by atoms with Crippen molar-refractivity contribution < 1.29 is 4.74 Å². The molecule has 1 aromatic carbocycles. The molecule has 2 aliphatic carbocycles. The molecule has 1 heterocycles. The van der Waals surface area contributed by atoms with E-state index in [9.17, 15) is 0 Å². The van der Waals surface area contributed by atoms with Crippen LogP contribution in [0.2, 0.25) is 0 Å². The molecule has 0 spiro atoms. The Kier molecular flexibility index (Phi) is 3.78. The number of aromatic nitrogens is 2. The van der Waals surface area contributed by atoms with E-state index in [0.29, 0.717) is 12.1 Å². The molecular weight excluding hydrogens is 274 g/mol. The van der Waals surface area contributed by atoms with Crippen molar-refractivity contribution in [2.45, 2.75) is 57.6 Å². The molecule has 118 valence electrons. The van der Waals surface area contributed by atoms with Gasteiger partial charge >= 0.3 is 0 Å². The maximum absolute atomic E-state index is 6.33. The Morgan fingerprint density at radius 3 is 3.05 bits per heavy atom. The van der Waals surface area contributed by atoms with Crippen LogP contribution in [0.25, 0.3) is 10.9 Å². The fourth-order valence-electron chi connectivity index (χ4n) is 3.54. The van der Waals surface area contributed by atoms with Gasteiger partial charge in [-0.05, 0) is 70.0 Å². The van der Waals surface area contributed by atoms with Crippen LogP contribution in [0.15, 0.2) is 18.3 Å². The van der Waals surface area contributed by atoms with Gasteiger partial charge < -0.3 is 10.1 Å². The smallest absolute Gasteiger partial charge is 0.123 e. The lowest BCUT2D eigenvalue weighted by Gasteiger charge is -2.30. The number of hydrogen-bond donors (Lipinski definition) is 2. The second kappa shape index (κ2) is 5.92. The summed E-state index contributed by atoms with van der Waals surface area (Å²) in [5.74, 6) is 1.97. The third-order valence-corrected chi connectivity index (χ3v) is 5.16. The van der Waals surface area contributed by atoms with E-state index in [2.05, 4.69) is 34.6 Å². The highest BCUT2D eigenvalue weighted by molar-refractivity contribution is 5.83. The Morgan fingerprint density at radius 1 is 1.27 bits per heavy atom. The van der Waals surface area contributed by atoms with Gasteiger partial charge in [-0.3, -0.25) is 5.10 Å². The van der Waals surface area contributed by atoms with Crippen LogP contribution in [0, 0.1) is 12.8 Å². The average Bonchev–Trinajstić information content (AvgIpc) is 3.24. The predicted molar refractivity (Wildman–Crippen MR) is 88.2 cm³/mol. The summed E-state index contributed by atoms with van der Waals surface area (Å²) in [5, 5.41) is 12.0. The molecule has 0 aliphatic heterocycles. The second-order valence-electron chi connectivity index (χ2n) is 6.97. The first kappa shape index (κ1) is 14.1. The Hall–Kier alpha value is -1.55. The zero-order valence-corrected chi connectivity index (χ0v) is 13.3. The van der Waals surface area contributed by atoms with E-state index < -0.39 is 0 Å². The van der Waals surface area contributed by atoms with Gasteiger partial charge in [0.05, 0.1) is 11.7 Å². The van der Waals surface area contributed by atoms with E-state index in [4.69, 9.17) is 4.74 Å². The number of aromatic amines is 1. The molecule has 2 fully saturated rings. The van der Waals surface area contributed by atoms with Gasteiger partial charge in [-0.1, -0.05) is 0 Å². The molecule has 2 aromatic rings. The fraction of sp³-hybridized carbons (Fsp3) is 0.611. The Bertz CT molecular complexity index is 647. The van der Waals surface area contributed by atoms with Crippen molar-refractivity contribution in [1.82, 2.24) is 15.5 Å². The molecule has 4 nitrogen and oxygen atoms in total. The van der Waals surface area contributed by atoms with Crippen molar-refractivity contribution in [3.05, 3.63) is 23.9 Å². The van der Waals surface area contributed by atoms with Crippen LogP contribution in [0.4, 0.5) is 0 Å². The van der Waals surface area contributed by atoms with Gasteiger partial charge in [0.15, 0.2) is 0 Å². The summed E-state index contributed by atoms with van der Waals surface area (Å²) >= 11 is 0. The lowest BCUT2D eigenvalue weighted by Crippen LogP contribution is -2.39. The maximum Gasteiger partial charge on any atom is 0.123 e. The number of nitrogens with one attached hydrogen (secondary N) is 2. The molecule has 22 heavy (non-hydrogen) atoms. The van der Waals surface area contributed by atoms with E-state index in [1.54, 1.807) is 0 Å². The molecule has 0 bridgehead atoms. The van der Waals surface area contributed by atoms with E-state index >= 15 is 0 Å². The lowest BCUT2D eigenvalue weighted by atomic mass is 9.92. The summed E-state index contributed by atoms with van der Waals surface area (Å²) < 4.78 is 6.33. The van der Waals surface area contributed by atoms with Crippen LogP contribution in [0.1, 0.15) is 44.1 Å². The minimum atomic E-state index is 0.341. The van der Waals surface area contributed by atoms with Gasteiger partial charge in [0.25, 0.3) is 0 Å². The number of hydrogen-bond acceptors (Lipinski definition) is 3. The molecule has 2 atom stereocenters. The van der Waals surface area contributed by atoms with Crippen LogP contribution in [-0.2, 0) is 0 Å². The monoisotopic (exact) mass is 299 g/mol. The van der Waals surface area contributed by atoms with Gasteiger partial charge in [-0.2, -0.15) is 5.10 Å². The van der Waals surface area contributed by atoms with Crippen molar-refractivity contribution >= 4 is 10.9 Å². The van der Waals surface area contributed by atoms with Gasteiger partial charge in [-0.25, -0.2) is 0 Å². The second-order valence-corrected chi connectivity index (χ2v) is 6.97. The molecule has 4 rings (SSSR count). The van der Waals surface area contributed by atoms with Crippen molar-refractivity contribution in [2.24, 2.45) is 5.92 Å². The predicted octanol–water partition coefficient (Wildman–Crippen LogP) is 3.56. The normalized spacial score (nSPS) is 25.5. The maximum atomic E-state index is 6.33. The van der Waals surface area contributed by atoms with E-state index in [0.717, 1.165) is 29.0 Å². The molecule has 2 saturated carbocycles. The fourth-order valence-corrected chi connectivity index (χ4v) is 3.54. The Morgan fingerprint density at radius 2 is 2.18 bits per heavy atom. The molecule has 1 aromatic heterocycles. The summed E-state index contributed by atoms with van der Waals surface area (Å²) in [6, 6.07) is 4.78. The summed E-state index contributed by atoms with van der Waals surface area (Å²) in [4.78, 5) is 0. The van der Waals surface area contributed by atoms with Crippen molar-refractivity contribution in [3.63, 3.8) is 0 Å². The lowest BCUT2D eigenvalue weighted by molar-refractivity contribution is 0.134. The first-order chi connectivity index (χ1) is 10.8. The zero-order valence-electron chi connectivity index (χ0n) is 13.3. The summed E-state index contributed by atoms with van der Waals surface area (Å²) in [7, 11) is 0. The number of aryl methyl sites for hydroxylation is 1. The number of nitrogens with zero attached hydrogens (tertiary/aromatic N) is 1. The largest absolute Gasteiger partial charge is 0.490 e. The SMILES string of the molecule is Cc1c(OC2CCCC(NCC3CC3)C2)ccc2[nH]ncc12. The molecule has 2 N–H and O–H groups in total. The van der Waals surface area contributed by atoms with E-state index in [-0.39, 0.29) is 0 Å². The van der Waals surface area contributed by atoms with Crippen molar-refractivity contribution in [3.8, 4) is 5.75 Å². The van der Waals surface area contributed by atoms with Gasteiger partial charge in [0, 0.05) is 17.0 Å². The summed E-state index contributed by atoms with van der Waals surface area (Å²) in [5.41, 5.74) is 2.27. The molecular formula is C18H25N3O. The Balaban J connectivity index is 1.41. The third-order valence-electron chi connectivity index (χ3n) is 5.16. The molecule has 0 amide bonds. The van der Waals surface area contributed by atoms with Crippen LogP contribution in [0.5, 0.6) is 5.75 Å². The van der Waals surface area contributed by atoms with Crippen LogP contribution in [0.3, 0.4) is 0 Å². The third kappa shape index (κ3) is 2.98. The number of ether oxygens (including phenoxy) is 1. The minimum absolute atomic E-state index is 0.341. The van der Waals surface area contributed by atoms with Crippen LogP contribution < -0.4 is 10.1 Å². The van der Waals surface area contributed by atoms with Crippen LogP contribution in [-0.4, -0.2) is 28.9 Å². The van der Waals surface area contributed by atoms with Gasteiger partial charge in [-0.15, -0.1) is 0 Å². The standard InChI is InChI=1S/C18H25N3O/c1-12-16-11-20-21-17(16)7-8-18(12)22-15-4-2-3-14(9-15)19-10-13-5-6-13/h7-8,11,13-15,19H,2-6,9-10H2,1H3,(H,20,21). The summed E-state index contributed by atoms with van der Waals surface area (Å²) in [6.07, 6.45) is 9.94. The average molecular weight is 299 g/mol. The first-order valence-corrected chi connectivity index (χ1v) is 8.62. The van der Waals surface area contributed by atoms with Crippen molar-refractivity contribution in [1.29, 1.82) is 0 Å². The van der Waals surface area contributed by atoms with Crippen molar-refractivity contribution in [2.75, 3.05) is 6.54 Å². The van der Waals surface area contributed by atoms with E-state index in [1.165, 1.54) is 44.2 Å². The topological polar surface area (TPSA) is 49.9 Å². The summed E-state index contributed by atoms with van der Waals surface area (Å²) in [6.45, 7) is 3.33. The molecule has 2 unspecified atom stereocenters.